The Morgan fingerprint density at radius 3 is 1.87 bits per heavy atom. The fourth-order valence-corrected chi connectivity index (χ4v) is 9.32. The predicted molar refractivity (Wildman–Crippen MR) is 235 cm³/mol. The molecular formula is C47H54N8O8. The first-order valence-electron chi connectivity index (χ1n) is 21.2. The van der Waals surface area contributed by atoms with Crippen LogP contribution in [0.2, 0.25) is 0 Å². The van der Waals surface area contributed by atoms with Gasteiger partial charge in [-0.1, -0.05) is 60.2 Å². The number of carbonyl (C=O) groups is 4. The van der Waals surface area contributed by atoms with Gasteiger partial charge in [-0.3, -0.25) is 9.59 Å². The summed E-state index contributed by atoms with van der Waals surface area (Å²) < 4.78 is 20.5. The van der Waals surface area contributed by atoms with Gasteiger partial charge in [0.15, 0.2) is 0 Å². The average molecular weight is 859 g/mol. The molecule has 2 aliphatic heterocycles. The summed E-state index contributed by atoms with van der Waals surface area (Å²) in [5.41, 5.74) is 6.73. The van der Waals surface area contributed by atoms with Crippen LogP contribution in [0.15, 0.2) is 84.7 Å². The Balaban J connectivity index is 0.963. The quantitative estimate of drug-likeness (QED) is 0.0928. The number of aromatic amines is 2. The van der Waals surface area contributed by atoms with Gasteiger partial charge in [0.25, 0.3) is 0 Å². The third-order valence-corrected chi connectivity index (χ3v) is 12.9. The molecule has 5 aromatic rings. The zero-order valence-corrected chi connectivity index (χ0v) is 36.5. The Bertz CT molecular complexity index is 2530. The number of nitrogens with one attached hydrogen (secondary N) is 4. The van der Waals surface area contributed by atoms with E-state index >= 15 is 0 Å². The Morgan fingerprint density at radius 2 is 1.24 bits per heavy atom. The third kappa shape index (κ3) is 8.52. The highest BCUT2D eigenvalue weighted by molar-refractivity contribution is 5.91. The van der Waals surface area contributed by atoms with Crippen LogP contribution in [0, 0.1) is 5.92 Å². The summed E-state index contributed by atoms with van der Waals surface area (Å²) in [7, 11) is 5.54. The van der Waals surface area contributed by atoms with Gasteiger partial charge in [-0.2, -0.15) is 0 Å². The predicted octanol–water partition coefficient (Wildman–Crippen LogP) is 6.69. The van der Waals surface area contributed by atoms with Gasteiger partial charge in [0.1, 0.15) is 29.8 Å². The lowest BCUT2D eigenvalue weighted by Crippen LogP contribution is -2.56. The molecule has 2 fully saturated rings. The SMILES string of the molecule is COC(=O)N[C@H](C(=O)N1CC(C)=C[C@H]1c1ncc(-c2ccc3cc(-c4ccc(-c5cnc([C@@H]6[C@@H]7CC[C@@H](C7)N6C(=O)[C@@H](NC(=O)OC)[C@@H](C)OC)[nH]5)cc4)ccc3c2)[nH]1)[C@@H](C)OC. The van der Waals surface area contributed by atoms with Gasteiger partial charge in [0, 0.05) is 32.4 Å². The minimum Gasteiger partial charge on any atom is -0.453 e. The van der Waals surface area contributed by atoms with Crippen molar-refractivity contribution in [3.05, 3.63) is 96.4 Å². The maximum Gasteiger partial charge on any atom is 0.407 e. The van der Waals surface area contributed by atoms with Crippen LogP contribution in [0.25, 0.3) is 44.4 Å². The molecule has 2 aromatic heterocycles. The number of aromatic nitrogens is 4. The van der Waals surface area contributed by atoms with Crippen molar-refractivity contribution in [2.24, 2.45) is 5.92 Å². The van der Waals surface area contributed by atoms with Gasteiger partial charge < -0.3 is 49.3 Å². The van der Waals surface area contributed by atoms with Crippen molar-refractivity contribution in [2.45, 2.75) is 82.5 Å². The van der Waals surface area contributed by atoms with Crippen LogP contribution < -0.4 is 10.6 Å². The number of hydrogen-bond acceptors (Lipinski definition) is 10. The van der Waals surface area contributed by atoms with Crippen LogP contribution in [-0.2, 0) is 28.5 Å². The molecule has 0 radical (unpaired) electrons. The molecule has 1 saturated carbocycles. The number of imidazole rings is 2. The first-order chi connectivity index (χ1) is 30.4. The first kappa shape index (κ1) is 43.1. The van der Waals surface area contributed by atoms with Gasteiger partial charge in [0.2, 0.25) is 11.8 Å². The standard InChI is InChI=1S/C47H54N8O8/c1-25-18-38(54(24-25)44(56)39(26(2)60-4)52-46(58)62-6)42-48-23-37(50-42)33-15-14-31-19-30(12-13-32(31)20-33)28-8-10-29(11-9-28)36-22-49-43(51-36)41-34-16-17-35(21-34)55(41)45(57)40(27(3)61-5)53-47(59)63-7/h8-15,18-20,22-23,26-27,34-35,38-41H,16-17,21,24H2,1-7H3,(H,48,50)(H,49,51)(H,52,58)(H,53,59)/t26-,27-,34-,35+,38+,39+,40+,41+/m1/s1. The highest BCUT2D eigenvalue weighted by Crippen LogP contribution is 2.50. The molecule has 4 heterocycles. The maximum atomic E-state index is 14.0. The van der Waals surface area contributed by atoms with Gasteiger partial charge in [-0.15, -0.1) is 0 Å². The van der Waals surface area contributed by atoms with Crippen molar-refractivity contribution in [3.63, 3.8) is 0 Å². The number of fused-ring (bicyclic) bond motifs is 3. The second-order valence-corrected chi connectivity index (χ2v) is 16.7. The summed E-state index contributed by atoms with van der Waals surface area (Å²) in [6, 6.07) is 18.5. The Labute approximate surface area is 365 Å². The fraction of sp³-hybridized carbons (Fsp3) is 0.404. The van der Waals surface area contributed by atoms with Gasteiger partial charge in [0.05, 0.1) is 56.3 Å². The molecule has 2 bridgehead atoms. The van der Waals surface area contributed by atoms with Crippen molar-refractivity contribution >= 4 is 34.8 Å². The van der Waals surface area contributed by atoms with Crippen LogP contribution in [0.5, 0.6) is 0 Å². The molecule has 16 heteroatoms. The largest absolute Gasteiger partial charge is 0.453 e. The average Bonchev–Trinajstić information content (AvgIpc) is 4.18. The molecule has 8 atom stereocenters. The minimum atomic E-state index is -0.945. The van der Waals surface area contributed by atoms with Crippen molar-refractivity contribution in [3.8, 4) is 33.6 Å². The second-order valence-electron chi connectivity index (χ2n) is 16.7. The monoisotopic (exact) mass is 858 g/mol. The van der Waals surface area contributed by atoms with Crippen molar-refractivity contribution in [1.82, 2.24) is 40.4 Å². The van der Waals surface area contributed by atoms with Crippen molar-refractivity contribution in [2.75, 3.05) is 35.0 Å². The normalized spacial score (nSPS) is 21.2. The molecule has 0 spiro atoms. The minimum absolute atomic E-state index is 0.0658. The van der Waals surface area contributed by atoms with E-state index in [4.69, 9.17) is 28.9 Å². The number of alkyl carbamates (subject to hydrolysis) is 2. The number of methoxy groups -OCH3 is 4. The summed E-state index contributed by atoms with van der Waals surface area (Å²) in [5.74, 6) is 1.10. The smallest absolute Gasteiger partial charge is 0.407 e. The molecule has 63 heavy (non-hydrogen) atoms. The number of benzene rings is 3. The van der Waals surface area contributed by atoms with Gasteiger partial charge in [-0.05, 0) is 85.5 Å². The molecule has 4 N–H and O–H groups in total. The van der Waals surface area contributed by atoms with E-state index in [1.54, 1.807) is 24.9 Å². The summed E-state index contributed by atoms with van der Waals surface area (Å²) in [6.45, 7) is 5.83. The molecule has 3 aromatic carbocycles. The maximum absolute atomic E-state index is 14.0. The van der Waals surface area contributed by atoms with E-state index in [1.807, 2.05) is 24.1 Å². The number of hydrogen-bond donors (Lipinski definition) is 4. The number of H-pyrrole nitrogens is 2. The van der Waals surface area contributed by atoms with Crippen LogP contribution >= 0.6 is 0 Å². The molecule has 3 aliphatic rings. The number of carbonyl (C=O) groups excluding carboxylic acids is 4. The van der Waals surface area contributed by atoms with Gasteiger partial charge >= 0.3 is 12.2 Å². The highest BCUT2D eigenvalue weighted by atomic mass is 16.5. The van der Waals surface area contributed by atoms with Crippen LogP contribution in [-0.4, -0.2) is 119 Å². The third-order valence-electron chi connectivity index (χ3n) is 12.9. The highest BCUT2D eigenvalue weighted by Gasteiger charge is 2.52. The van der Waals surface area contributed by atoms with E-state index in [0.717, 1.165) is 75.1 Å². The Hall–Kier alpha value is -6.52. The summed E-state index contributed by atoms with van der Waals surface area (Å²) in [5, 5.41) is 7.44. The number of rotatable bonds is 13. The second kappa shape index (κ2) is 18.1. The lowest BCUT2D eigenvalue weighted by atomic mass is 9.96. The Morgan fingerprint density at radius 1 is 0.698 bits per heavy atom. The lowest BCUT2D eigenvalue weighted by Gasteiger charge is -2.37. The molecule has 330 valence electrons. The fourth-order valence-electron chi connectivity index (χ4n) is 9.32. The first-order valence-corrected chi connectivity index (χ1v) is 21.2. The number of ether oxygens (including phenoxy) is 4. The van der Waals surface area contributed by atoms with E-state index in [-0.39, 0.29) is 29.8 Å². The lowest BCUT2D eigenvalue weighted by molar-refractivity contribution is -0.141. The zero-order chi connectivity index (χ0) is 44.5. The molecule has 4 amide bonds. The molecule has 16 nitrogen and oxygen atoms in total. The summed E-state index contributed by atoms with van der Waals surface area (Å²) in [6.07, 6.45) is 5.86. The number of likely N-dealkylation sites (tertiary alicyclic amines) is 1. The van der Waals surface area contributed by atoms with E-state index in [9.17, 15) is 19.2 Å². The number of amides is 4. The number of piperidine rings is 1. The molecule has 1 aliphatic carbocycles. The number of nitrogens with zero attached hydrogens (tertiary/aromatic N) is 4. The molecule has 0 unspecified atom stereocenters. The van der Waals surface area contributed by atoms with E-state index in [2.05, 4.69) is 81.3 Å². The van der Waals surface area contributed by atoms with Crippen molar-refractivity contribution < 1.29 is 38.1 Å². The van der Waals surface area contributed by atoms with E-state index in [1.165, 1.54) is 28.4 Å². The van der Waals surface area contributed by atoms with E-state index in [0.29, 0.717) is 12.4 Å². The molecular weight excluding hydrogens is 805 g/mol. The molecule has 1 saturated heterocycles. The summed E-state index contributed by atoms with van der Waals surface area (Å²) >= 11 is 0. The van der Waals surface area contributed by atoms with Crippen LogP contribution in [0.1, 0.15) is 63.8 Å². The van der Waals surface area contributed by atoms with Crippen LogP contribution in [0.4, 0.5) is 9.59 Å². The Kier molecular flexibility index (Phi) is 12.4. The van der Waals surface area contributed by atoms with E-state index < -0.39 is 42.5 Å². The van der Waals surface area contributed by atoms with Crippen LogP contribution in [0.3, 0.4) is 0 Å². The summed E-state index contributed by atoms with van der Waals surface area (Å²) in [4.78, 5) is 72.2. The molecule has 8 rings (SSSR count). The van der Waals surface area contributed by atoms with Crippen molar-refractivity contribution in [1.29, 1.82) is 0 Å². The topological polar surface area (TPSA) is 193 Å². The van der Waals surface area contributed by atoms with Gasteiger partial charge in [-0.25, -0.2) is 19.6 Å². The zero-order valence-electron chi connectivity index (χ0n) is 36.5.